The van der Waals surface area contributed by atoms with Crippen molar-refractivity contribution < 1.29 is 0 Å². The first-order valence-electron chi connectivity index (χ1n) is 4.86. The minimum Gasteiger partial charge on any atom is -0.354 e. The molecule has 3 rings (SSSR count). The molecule has 0 unspecified atom stereocenters. The minimum atomic E-state index is 0.814. The number of pyridine rings is 1. The molecule has 2 heteroatoms. The molecule has 0 aliphatic carbocycles. The van der Waals surface area contributed by atoms with Crippen LogP contribution in [0.3, 0.4) is 0 Å². The molecule has 0 saturated carbocycles. The predicted octanol–water partition coefficient (Wildman–Crippen LogP) is 1.38. The summed E-state index contributed by atoms with van der Waals surface area (Å²) in [5.74, 6) is 0. The van der Waals surface area contributed by atoms with Crippen LogP contribution < -0.4 is 15.9 Å². The Morgan fingerprint density at radius 3 is 2.87 bits per heavy atom. The summed E-state index contributed by atoms with van der Waals surface area (Å²) in [4.78, 5) is 4.18. The lowest BCUT2D eigenvalue weighted by Gasteiger charge is -2.15. The van der Waals surface area contributed by atoms with E-state index in [2.05, 4.69) is 35.1 Å². The van der Waals surface area contributed by atoms with Crippen LogP contribution >= 0.6 is 0 Å². The monoisotopic (exact) mass is 194 g/mol. The van der Waals surface area contributed by atoms with E-state index >= 15 is 0 Å². The summed E-state index contributed by atoms with van der Waals surface area (Å²) in [7, 11) is 0. The number of nitrogens with zero attached hydrogens (tertiary/aromatic N) is 1. The summed E-state index contributed by atoms with van der Waals surface area (Å²) in [6.07, 6.45) is 3.90. The summed E-state index contributed by atoms with van der Waals surface area (Å²) in [5, 5.41) is 5.26. The van der Waals surface area contributed by atoms with Gasteiger partial charge in [0, 0.05) is 22.8 Å². The molecule has 1 aromatic heterocycles. The van der Waals surface area contributed by atoms with Gasteiger partial charge in [-0.1, -0.05) is 24.8 Å². The highest BCUT2D eigenvalue weighted by atomic mass is 14.9. The summed E-state index contributed by atoms with van der Waals surface area (Å²) >= 11 is 0. The van der Waals surface area contributed by atoms with Gasteiger partial charge in [0.2, 0.25) is 0 Å². The normalized spacial score (nSPS) is 12.0. The zero-order chi connectivity index (χ0) is 10.3. The van der Waals surface area contributed by atoms with Crippen LogP contribution in [-0.2, 0) is 0 Å². The van der Waals surface area contributed by atoms with Gasteiger partial charge in [-0.25, -0.2) is 0 Å². The van der Waals surface area contributed by atoms with E-state index in [1.807, 2.05) is 18.2 Å². The molecule has 0 fully saturated rings. The van der Waals surface area contributed by atoms with Crippen LogP contribution in [0.5, 0.6) is 0 Å². The minimum absolute atomic E-state index is 0.814. The fourth-order valence-electron chi connectivity index (χ4n) is 1.82. The Morgan fingerprint density at radius 1 is 1.07 bits per heavy atom. The predicted molar refractivity (Wildman–Crippen MR) is 62.3 cm³/mol. The maximum atomic E-state index is 4.18. The number of benzene rings is 1. The Bertz CT molecular complexity index is 629. The third kappa shape index (κ3) is 1.22. The molecular formula is C13H10N2. The van der Waals surface area contributed by atoms with Crippen LogP contribution in [0.1, 0.15) is 5.56 Å². The molecule has 0 amide bonds. The second kappa shape index (κ2) is 2.95. The molecule has 72 valence electrons. The van der Waals surface area contributed by atoms with Crippen molar-refractivity contribution in [1.82, 2.24) is 4.98 Å². The van der Waals surface area contributed by atoms with E-state index in [4.69, 9.17) is 0 Å². The number of para-hydroxylation sites is 1. The Kier molecular flexibility index (Phi) is 1.62. The third-order valence-corrected chi connectivity index (χ3v) is 2.60. The fraction of sp³-hybridized carbons (Fsp3) is 0. The number of anilines is 2. The molecule has 1 aliphatic heterocycles. The van der Waals surface area contributed by atoms with Gasteiger partial charge in [-0.3, -0.25) is 4.98 Å². The maximum Gasteiger partial charge on any atom is 0.0651 e. The SMILES string of the molecule is C=c1nccc2c1=Cc1ccccc1N2. The number of aromatic nitrogens is 1. The van der Waals surface area contributed by atoms with Gasteiger partial charge in [0.15, 0.2) is 0 Å². The summed E-state index contributed by atoms with van der Waals surface area (Å²) in [6.45, 7) is 3.92. The van der Waals surface area contributed by atoms with Gasteiger partial charge in [0.05, 0.1) is 5.35 Å². The van der Waals surface area contributed by atoms with Crippen molar-refractivity contribution in [3.63, 3.8) is 0 Å². The van der Waals surface area contributed by atoms with Crippen molar-refractivity contribution in [3.8, 4) is 0 Å². The van der Waals surface area contributed by atoms with Crippen LogP contribution in [0, 0.1) is 0 Å². The quantitative estimate of drug-likeness (QED) is 0.584. The summed E-state index contributed by atoms with van der Waals surface area (Å²) < 4.78 is 0. The van der Waals surface area contributed by atoms with Crippen molar-refractivity contribution in [3.05, 3.63) is 52.7 Å². The molecule has 0 spiro atoms. The fourth-order valence-corrected chi connectivity index (χ4v) is 1.82. The van der Waals surface area contributed by atoms with Crippen LogP contribution in [0.15, 0.2) is 36.5 Å². The van der Waals surface area contributed by atoms with Crippen molar-refractivity contribution >= 4 is 24.0 Å². The van der Waals surface area contributed by atoms with E-state index in [-0.39, 0.29) is 0 Å². The first-order valence-corrected chi connectivity index (χ1v) is 4.86. The molecule has 0 radical (unpaired) electrons. The highest BCUT2D eigenvalue weighted by Crippen LogP contribution is 2.21. The molecular weight excluding hydrogens is 184 g/mol. The van der Waals surface area contributed by atoms with Crippen LogP contribution in [0.2, 0.25) is 0 Å². The first kappa shape index (κ1) is 8.24. The summed E-state index contributed by atoms with van der Waals surface area (Å²) in [5.41, 5.74) is 3.40. The van der Waals surface area contributed by atoms with Gasteiger partial charge >= 0.3 is 0 Å². The zero-order valence-electron chi connectivity index (χ0n) is 8.20. The highest BCUT2D eigenvalue weighted by Gasteiger charge is 2.07. The Morgan fingerprint density at radius 2 is 1.93 bits per heavy atom. The molecule has 15 heavy (non-hydrogen) atoms. The lowest BCUT2D eigenvalue weighted by atomic mass is 10.1. The van der Waals surface area contributed by atoms with Gasteiger partial charge in [-0.2, -0.15) is 0 Å². The van der Waals surface area contributed by atoms with Gasteiger partial charge in [0.1, 0.15) is 0 Å². The van der Waals surface area contributed by atoms with Gasteiger partial charge in [0.25, 0.3) is 0 Å². The maximum absolute atomic E-state index is 4.18. The van der Waals surface area contributed by atoms with Gasteiger partial charge < -0.3 is 5.32 Å². The van der Waals surface area contributed by atoms with E-state index in [0.717, 1.165) is 21.9 Å². The zero-order valence-corrected chi connectivity index (χ0v) is 8.20. The Hall–Kier alpha value is -2.09. The van der Waals surface area contributed by atoms with E-state index in [1.165, 1.54) is 5.56 Å². The topological polar surface area (TPSA) is 24.9 Å². The molecule has 1 aromatic carbocycles. The number of hydrogen-bond donors (Lipinski definition) is 1. The lowest BCUT2D eigenvalue weighted by molar-refractivity contribution is 1.22. The standard InChI is InChI=1S/C13H10N2/c1-9-11-8-10-4-2-3-5-12(10)15-13(11)6-7-14-9/h2-8,15H,1H2. The average molecular weight is 194 g/mol. The Labute approximate surface area is 87.6 Å². The van der Waals surface area contributed by atoms with Crippen LogP contribution in [-0.4, -0.2) is 4.98 Å². The van der Waals surface area contributed by atoms with E-state index in [0.29, 0.717) is 0 Å². The second-order valence-corrected chi connectivity index (χ2v) is 3.58. The second-order valence-electron chi connectivity index (χ2n) is 3.58. The molecule has 1 N–H and O–H groups in total. The van der Waals surface area contributed by atoms with E-state index < -0.39 is 0 Å². The van der Waals surface area contributed by atoms with Crippen LogP contribution in [0.25, 0.3) is 12.7 Å². The molecule has 0 saturated heterocycles. The van der Waals surface area contributed by atoms with Gasteiger partial charge in [-0.05, 0) is 23.8 Å². The number of nitrogens with one attached hydrogen (secondary N) is 1. The number of hydrogen-bond acceptors (Lipinski definition) is 2. The molecule has 1 aliphatic rings. The third-order valence-electron chi connectivity index (χ3n) is 2.60. The molecule has 2 nitrogen and oxygen atoms in total. The van der Waals surface area contributed by atoms with E-state index in [9.17, 15) is 0 Å². The molecule has 2 aromatic rings. The molecule has 0 bridgehead atoms. The van der Waals surface area contributed by atoms with Crippen LogP contribution in [0.4, 0.5) is 11.4 Å². The number of fused-ring (bicyclic) bond motifs is 2. The largest absolute Gasteiger partial charge is 0.354 e. The van der Waals surface area contributed by atoms with Crippen molar-refractivity contribution in [1.29, 1.82) is 0 Å². The van der Waals surface area contributed by atoms with Gasteiger partial charge in [-0.15, -0.1) is 0 Å². The lowest BCUT2D eigenvalue weighted by Crippen LogP contribution is -2.30. The van der Waals surface area contributed by atoms with Crippen molar-refractivity contribution in [2.24, 2.45) is 0 Å². The average Bonchev–Trinajstić information content (AvgIpc) is 2.27. The van der Waals surface area contributed by atoms with Crippen molar-refractivity contribution in [2.75, 3.05) is 5.32 Å². The summed E-state index contributed by atoms with van der Waals surface area (Å²) in [6, 6.07) is 10.2. The Balaban J connectivity index is 2.40. The molecule has 0 atom stereocenters. The van der Waals surface area contributed by atoms with Crippen molar-refractivity contribution in [2.45, 2.75) is 0 Å². The first-order chi connectivity index (χ1) is 7.34. The van der Waals surface area contributed by atoms with E-state index in [1.54, 1.807) is 6.20 Å². The number of rotatable bonds is 0. The highest BCUT2D eigenvalue weighted by molar-refractivity contribution is 5.77. The molecule has 2 heterocycles. The smallest absolute Gasteiger partial charge is 0.0651 e.